The van der Waals surface area contributed by atoms with Gasteiger partial charge in [-0.3, -0.25) is 0 Å². The summed E-state index contributed by atoms with van der Waals surface area (Å²) in [5, 5.41) is 11.7. The van der Waals surface area contributed by atoms with Crippen LogP contribution < -0.4 is 5.32 Å². The minimum Gasteiger partial charge on any atom is -0.480 e. The summed E-state index contributed by atoms with van der Waals surface area (Å²) in [4.78, 5) is 26.2. The van der Waals surface area contributed by atoms with E-state index in [2.05, 4.69) is 10.3 Å². The summed E-state index contributed by atoms with van der Waals surface area (Å²) < 4.78 is 9.75. The number of anilines is 1. The summed E-state index contributed by atoms with van der Waals surface area (Å²) in [5.41, 5.74) is 0.0271. The summed E-state index contributed by atoms with van der Waals surface area (Å²) >= 11 is 0. The van der Waals surface area contributed by atoms with Crippen LogP contribution in [-0.4, -0.2) is 34.7 Å². The molecule has 7 heteroatoms. The van der Waals surface area contributed by atoms with Gasteiger partial charge in [0.05, 0.1) is 6.61 Å². The van der Waals surface area contributed by atoms with Gasteiger partial charge in [-0.15, -0.1) is 0 Å². The fourth-order valence-electron chi connectivity index (χ4n) is 1.58. The number of nitrogens with zero attached hydrogens (tertiary/aromatic N) is 1. The first-order valence-corrected chi connectivity index (χ1v) is 5.73. The SMILES string of the molecule is CCOC(=O)c1coc(NC(C(=O)O)C2CC2)n1. The largest absolute Gasteiger partial charge is 0.480 e. The predicted molar refractivity (Wildman–Crippen MR) is 60.2 cm³/mol. The summed E-state index contributed by atoms with van der Waals surface area (Å²) in [7, 11) is 0. The van der Waals surface area contributed by atoms with Crippen molar-refractivity contribution in [2.75, 3.05) is 11.9 Å². The number of ether oxygens (including phenoxy) is 1. The molecule has 1 atom stereocenters. The van der Waals surface area contributed by atoms with E-state index in [0.717, 1.165) is 19.1 Å². The van der Waals surface area contributed by atoms with Crippen LogP contribution in [0.4, 0.5) is 6.01 Å². The van der Waals surface area contributed by atoms with Gasteiger partial charge >= 0.3 is 11.9 Å². The summed E-state index contributed by atoms with van der Waals surface area (Å²) in [6.45, 7) is 1.93. The van der Waals surface area contributed by atoms with E-state index in [1.165, 1.54) is 0 Å². The number of aliphatic carboxylic acids is 1. The molecule has 98 valence electrons. The van der Waals surface area contributed by atoms with Crippen molar-refractivity contribution in [3.05, 3.63) is 12.0 Å². The molecular formula is C11H14N2O5. The maximum atomic E-state index is 11.3. The molecule has 1 fully saturated rings. The number of hydrogen-bond donors (Lipinski definition) is 2. The average Bonchev–Trinajstić information content (AvgIpc) is 3.04. The first-order valence-electron chi connectivity index (χ1n) is 5.73. The number of nitrogens with one attached hydrogen (secondary N) is 1. The van der Waals surface area contributed by atoms with E-state index in [1.54, 1.807) is 6.92 Å². The number of hydrogen-bond acceptors (Lipinski definition) is 6. The zero-order valence-corrected chi connectivity index (χ0v) is 9.88. The average molecular weight is 254 g/mol. The molecule has 0 bridgehead atoms. The summed E-state index contributed by atoms with van der Waals surface area (Å²) in [6, 6.07) is -0.698. The van der Waals surface area contributed by atoms with Gasteiger partial charge in [0, 0.05) is 0 Å². The van der Waals surface area contributed by atoms with Crippen LogP contribution in [0.15, 0.2) is 10.7 Å². The van der Waals surface area contributed by atoms with Gasteiger partial charge in [0.2, 0.25) is 0 Å². The Morgan fingerprint density at radius 3 is 2.94 bits per heavy atom. The molecule has 7 nitrogen and oxygen atoms in total. The normalized spacial score (nSPS) is 16.1. The van der Waals surface area contributed by atoms with Crippen LogP contribution >= 0.6 is 0 Å². The third kappa shape index (κ3) is 2.79. The van der Waals surface area contributed by atoms with Gasteiger partial charge in [-0.25, -0.2) is 9.59 Å². The maximum Gasteiger partial charge on any atom is 0.360 e. The number of carbonyl (C=O) groups is 2. The van der Waals surface area contributed by atoms with Crippen molar-refractivity contribution < 1.29 is 23.8 Å². The van der Waals surface area contributed by atoms with E-state index in [-0.39, 0.29) is 24.2 Å². The first-order chi connectivity index (χ1) is 8.61. The molecule has 0 spiro atoms. The lowest BCUT2D eigenvalue weighted by Crippen LogP contribution is -2.31. The van der Waals surface area contributed by atoms with Crippen molar-refractivity contribution >= 4 is 18.0 Å². The Balaban J connectivity index is 2.01. The summed E-state index contributed by atoms with van der Waals surface area (Å²) in [5.74, 6) is -1.44. The van der Waals surface area contributed by atoms with Gasteiger partial charge in [0.25, 0.3) is 6.01 Å². The third-order valence-electron chi connectivity index (χ3n) is 2.63. The standard InChI is InChI=1S/C11H14N2O5/c1-2-17-10(16)7-5-18-11(12-7)13-8(9(14)15)6-3-4-6/h5-6,8H,2-4H2,1H3,(H,12,13)(H,14,15). The topological polar surface area (TPSA) is 102 Å². The Hall–Kier alpha value is -2.05. The van der Waals surface area contributed by atoms with Gasteiger partial charge in [-0.2, -0.15) is 4.98 Å². The number of rotatable bonds is 6. The van der Waals surface area contributed by atoms with Crippen LogP contribution in [0.25, 0.3) is 0 Å². The monoisotopic (exact) mass is 254 g/mol. The molecule has 1 heterocycles. The van der Waals surface area contributed by atoms with Crippen LogP contribution in [0, 0.1) is 5.92 Å². The molecule has 0 saturated heterocycles. The minimum atomic E-state index is -0.951. The lowest BCUT2D eigenvalue weighted by atomic mass is 10.2. The molecule has 0 aliphatic heterocycles. The lowest BCUT2D eigenvalue weighted by Gasteiger charge is -2.10. The van der Waals surface area contributed by atoms with Crippen molar-refractivity contribution in [2.24, 2.45) is 5.92 Å². The van der Waals surface area contributed by atoms with Crippen LogP contribution in [0.3, 0.4) is 0 Å². The molecule has 0 aromatic carbocycles. The van der Waals surface area contributed by atoms with Crippen molar-refractivity contribution in [2.45, 2.75) is 25.8 Å². The van der Waals surface area contributed by atoms with Gasteiger partial charge in [0.1, 0.15) is 12.3 Å². The van der Waals surface area contributed by atoms with Gasteiger partial charge in [0.15, 0.2) is 5.69 Å². The van der Waals surface area contributed by atoms with E-state index in [0.29, 0.717) is 0 Å². The molecule has 1 unspecified atom stereocenters. The molecule has 1 aromatic heterocycles. The van der Waals surface area contributed by atoms with Gasteiger partial charge in [-0.1, -0.05) is 0 Å². The Bertz CT molecular complexity index is 452. The third-order valence-corrected chi connectivity index (χ3v) is 2.63. The van der Waals surface area contributed by atoms with Crippen molar-refractivity contribution in [1.29, 1.82) is 0 Å². The number of carbonyl (C=O) groups excluding carboxylic acids is 1. The van der Waals surface area contributed by atoms with Crippen LogP contribution in [-0.2, 0) is 9.53 Å². The molecule has 0 radical (unpaired) electrons. The zero-order chi connectivity index (χ0) is 13.1. The molecule has 1 aliphatic rings. The van der Waals surface area contributed by atoms with E-state index in [9.17, 15) is 9.59 Å². The highest BCUT2D eigenvalue weighted by Crippen LogP contribution is 2.34. The quantitative estimate of drug-likeness (QED) is 0.733. The van der Waals surface area contributed by atoms with Crippen LogP contribution in [0.1, 0.15) is 30.3 Å². The van der Waals surface area contributed by atoms with E-state index in [4.69, 9.17) is 14.3 Å². The van der Waals surface area contributed by atoms with Gasteiger partial charge < -0.3 is 19.6 Å². The smallest absolute Gasteiger partial charge is 0.360 e. The van der Waals surface area contributed by atoms with E-state index < -0.39 is 18.0 Å². The lowest BCUT2D eigenvalue weighted by molar-refractivity contribution is -0.138. The Labute approximate surface area is 103 Å². The second kappa shape index (κ2) is 5.07. The molecule has 2 rings (SSSR count). The number of carboxylic acids is 1. The number of carboxylic acid groups (broad SMARTS) is 1. The highest BCUT2D eigenvalue weighted by Gasteiger charge is 2.37. The Morgan fingerprint density at radius 1 is 1.67 bits per heavy atom. The second-order valence-corrected chi connectivity index (χ2v) is 4.06. The van der Waals surface area contributed by atoms with E-state index in [1.807, 2.05) is 0 Å². The highest BCUT2D eigenvalue weighted by molar-refractivity contribution is 5.87. The highest BCUT2D eigenvalue weighted by atomic mass is 16.5. The Kier molecular flexibility index (Phi) is 3.50. The molecule has 1 saturated carbocycles. The molecule has 1 aliphatic carbocycles. The molecular weight excluding hydrogens is 240 g/mol. The van der Waals surface area contributed by atoms with Crippen LogP contribution in [0.2, 0.25) is 0 Å². The Morgan fingerprint density at radius 2 is 2.39 bits per heavy atom. The minimum absolute atomic E-state index is 0.0253. The predicted octanol–water partition coefficient (Wildman–Crippen LogP) is 1.13. The summed E-state index contributed by atoms with van der Waals surface area (Å²) in [6.07, 6.45) is 2.89. The molecule has 18 heavy (non-hydrogen) atoms. The zero-order valence-electron chi connectivity index (χ0n) is 9.88. The first kappa shape index (κ1) is 12.4. The van der Waals surface area contributed by atoms with Crippen LogP contribution in [0.5, 0.6) is 0 Å². The molecule has 1 aromatic rings. The van der Waals surface area contributed by atoms with Crippen molar-refractivity contribution in [3.8, 4) is 0 Å². The van der Waals surface area contributed by atoms with Crippen molar-refractivity contribution in [3.63, 3.8) is 0 Å². The number of esters is 1. The van der Waals surface area contributed by atoms with E-state index >= 15 is 0 Å². The molecule has 2 N–H and O–H groups in total. The number of aromatic nitrogens is 1. The second-order valence-electron chi connectivity index (χ2n) is 4.06. The van der Waals surface area contributed by atoms with Crippen molar-refractivity contribution in [1.82, 2.24) is 4.98 Å². The maximum absolute atomic E-state index is 11.3. The number of oxazole rings is 1. The fraction of sp³-hybridized carbons (Fsp3) is 0.545. The van der Waals surface area contributed by atoms with Gasteiger partial charge in [-0.05, 0) is 25.7 Å². The molecule has 0 amide bonds. The fourth-order valence-corrected chi connectivity index (χ4v) is 1.58.